The van der Waals surface area contributed by atoms with Crippen LogP contribution in [0.15, 0.2) is 24.4 Å². The quantitative estimate of drug-likeness (QED) is 0.839. The number of imidazole rings is 1. The molecule has 1 aliphatic carbocycles. The Labute approximate surface area is 107 Å². The van der Waals surface area contributed by atoms with Crippen LogP contribution in [0.2, 0.25) is 0 Å². The molecule has 4 heteroatoms. The summed E-state index contributed by atoms with van der Waals surface area (Å²) in [4.78, 5) is 4.54. The highest BCUT2D eigenvalue weighted by atomic mass is 16.3. The number of aliphatic hydroxyl groups excluding tert-OH is 1. The first-order valence-electron chi connectivity index (χ1n) is 6.48. The van der Waals surface area contributed by atoms with Gasteiger partial charge in [0, 0.05) is 31.3 Å². The second-order valence-electron chi connectivity index (χ2n) is 5.33. The molecule has 0 unspecified atom stereocenters. The average Bonchev–Trinajstić information content (AvgIpc) is 3.09. The van der Waals surface area contributed by atoms with Crippen molar-refractivity contribution in [3.8, 4) is 0 Å². The molecule has 0 spiro atoms. The number of nitrogens with zero attached hydrogens (tertiary/aromatic N) is 2. The van der Waals surface area contributed by atoms with Gasteiger partial charge in [0.15, 0.2) is 0 Å². The predicted molar refractivity (Wildman–Crippen MR) is 70.4 cm³/mol. The molecule has 2 aromatic heterocycles. The molecule has 0 aliphatic heterocycles. The molecule has 4 nitrogen and oxygen atoms in total. The molecule has 2 aromatic rings. The molecule has 2 N–H and O–H groups in total. The molecular weight excluding hydrogens is 226 g/mol. The molecule has 0 atom stereocenters. The molecule has 3 rings (SSSR count). The number of fused-ring (bicyclic) bond motifs is 1. The third-order valence-corrected chi connectivity index (χ3v) is 3.91. The lowest BCUT2D eigenvalue weighted by atomic mass is 10.1. The van der Waals surface area contributed by atoms with Gasteiger partial charge in [0.05, 0.1) is 11.4 Å². The second kappa shape index (κ2) is 4.37. The van der Waals surface area contributed by atoms with E-state index in [2.05, 4.69) is 14.7 Å². The number of aryl methyl sites for hydroxylation is 1. The lowest BCUT2D eigenvalue weighted by Crippen LogP contribution is -2.26. The van der Waals surface area contributed by atoms with Gasteiger partial charge in [0.2, 0.25) is 0 Å². The SMILES string of the molecule is Cc1nc2ccccn2c1CNCC1(CO)CC1. The Morgan fingerprint density at radius 1 is 1.44 bits per heavy atom. The van der Waals surface area contributed by atoms with Gasteiger partial charge < -0.3 is 14.8 Å². The van der Waals surface area contributed by atoms with Crippen molar-refractivity contribution in [2.24, 2.45) is 5.41 Å². The fraction of sp³-hybridized carbons (Fsp3) is 0.500. The zero-order valence-corrected chi connectivity index (χ0v) is 10.7. The molecule has 0 saturated heterocycles. The lowest BCUT2D eigenvalue weighted by Gasteiger charge is -2.12. The van der Waals surface area contributed by atoms with E-state index in [1.165, 1.54) is 5.69 Å². The van der Waals surface area contributed by atoms with Gasteiger partial charge in [-0.05, 0) is 31.9 Å². The zero-order chi connectivity index (χ0) is 12.6. The van der Waals surface area contributed by atoms with Crippen molar-refractivity contribution in [3.63, 3.8) is 0 Å². The monoisotopic (exact) mass is 245 g/mol. The molecule has 1 fully saturated rings. The van der Waals surface area contributed by atoms with Crippen LogP contribution in [0.5, 0.6) is 0 Å². The van der Waals surface area contributed by atoms with Crippen LogP contribution in [0, 0.1) is 12.3 Å². The predicted octanol–water partition coefficient (Wildman–Crippen LogP) is 1.50. The summed E-state index contributed by atoms with van der Waals surface area (Å²) in [5, 5.41) is 12.7. The second-order valence-corrected chi connectivity index (χ2v) is 5.33. The van der Waals surface area contributed by atoms with Crippen LogP contribution in [0.4, 0.5) is 0 Å². The Hall–Kier alpha value is -1.39. The van der Waals surface area contributed by atoms with Crippen LogP contribution in [0.1, 0.15) is 24.2 Å². The van der Waals surface area contributed by atoms with Crippen LogP contribution < -0.4 is 5.32 Å². The first kappa shape index (κ1) is 11.7. The van der Waals surface area contributed by atoms with Gasteiger partial charge >= 0.3 is 0 Å². The highest BCUT2D eigenvalue weighted by Gasteiger charge is 2.41. The normalized spacial score (nSPS) is 17.2. The van der Waals surface area contributed by atoms with Crippen molar-refractivity contribution < 1.29 is 5.11 Å². The fourth-order valence-corrected chi connectivity index (χ4v) is 2.39. The summed E-state index contributed by atoms with van der Waals surface area (Å²) in [7, 11) is 0. The van der Waals surface area contributed by atoms with Crippen molar-refractivity contribution in [2.45, 2.75) is 26.3 Å². The van der Waals surface area contributed by atoms with Gasteiger partial charge in [0.25, 0.3) is 0 Å². The van der Waals surface area contributed by atoms with E-state index in [1.54, 1.807) is 0 Å². The molecule has 2 heterocycles. The third kappa shape index (κ3) is 2.02. The number of nitrogens with one attached hydrogen (secondary N) is 1. The number of pyridine rings is 1. The first-order chi connectivity index (χ1) is 8.74. The topological polar surface area (TPSA) is 49.6 Å². The number of hydrogen-bond acceptors (Lipinski definition) is 3. The van der Waals surface area contributed by atoms with Crippen LogP contribution in [-0.2, 0) is 6.54 Å². The minimum Gasteiger partial charge on any atom is -0.396 e. The molecule has 96 valence electrons. The molecular formula is C14H19N3O. The van der Waals surface area contributed by atoms with E-state index in [9.17, 15) is 5.11 Å². The van der Waals surface area contributed by atoms with Crippen LogP contribution in [0.25, 0.3) is 5.65 Å². The summed E-state index contributed by atoms with van der Waals surface area (Å²) in [5.74, 6) is 0. The summed E-state index contributed by atoms with van der Waals surface area (Å²) in [6.07, 6.45) is 4.33. The molecule has 18 heavy (non-hydrogen) atoms. The first-order valence-corrected chi connectivity index (χ1v) is 6.48. The molecule has 0 radical (unpaired) electrons. The molecule has 0 amide bonds. The van der Waals surface area contributed by atoms with Gasteiger partial charge in [-0.2, -0.15) is 0 Å². The highest BCUT2D eigenvalue weighted by Crippen LogP contribution is 2.44. The summed E-state index contributed by atoms with van der Waals surface area (Å²) in [6.45, 7) is 4.04. The summed E-state index contributed by atoms with van der Waals surface area (Å²) >= 11 is 0. The van der Waals surface area contributed by atoms with E-state index < -0.39 is 0 Å². The van der Waals surface area contributed by atoms with E-state index in [-0.39, 0.29) is 5.41 Å². The average molecular weight is 245 g/mol. The number of aromatic nitrogens is 2. The zero-order valence-electron chi connectivity index (χ0n) is 10.7. The van der Waals surface area contributed by atoms with Crippen LogP contribution >= 0.6 is 0 Å². The van der Waals surface area contributed by atoms with E-state index >= 15 is 0 Å². The lowest BCUT2D eigenvalue weighted by molar-refractivity contribution is 0.207. The largest absolute Gasteiger partial charge is 0.396 e. The number of hydrogen-bond donors (Lipinski definition) is 2. The highest BCUT2D eigenvalue weighted by molar-refractivity contribution is 5.42. The summed E-state index contributed by atoms with van der Waals surface area (Å²) in [6, 6.07) is 6.05. The molecule has 1 aliphatic rings. The summed E-state index contributed by atoms with van der Waals surface area (Å²) < 4.78 is 2.13. The fourth-order valence-electron chi connectivity index (χ4n) is 2.39. The van der Waals surface area contributed by atoms with Gasteiger partial charge in [-0.3, -0.25) is 0 Å². The van der Waals surface area contributed by atoms with Gasteiger partial charge in [0.1, 0.15) is 5.65 Å². The molecule has 0 bridgehead atoms. The van der Waals surface area contributed by atoms with Crippen molar-refractivity contribution in [3.05, 3.63) is 35.8 Å². The van der Waals surface area contributed by atoms with Crippen LogP contribution in [-0.4, -0.2) is 27.6 Å². The maximum atomic E-state index is 9.28. The number of rotatable bonds is 5. The maximum Gasteiger partial charge on any atom is 0.137 e. The smallest absolute Gasteiger partial charge is 0.137 e. The molecule has 1 saturated carbocycles. The summed E-state index contributed by atoms with van der Waals surface area (Å²) in [5.41, 5.74) is 3.44. The molecule has 0 aromatic carbocycles. The van der Waals surface area contributed by atoms with Crippen molar-refractivity contribution in [1.29, 1.82) is 0 Å². The standard InChI is InChI=1S/C14H19N3O/c1-11-12(8-15-9-14(10-18)5-6-14)17-7-3-2-4-13(17)16-11/h2-4,7,15,18H,5-6,8-10H2,1H3. The van der Waals surface area contributed by atoms with Crippen molar-refractivity contribution in [1.82, 2.24) is 14.7 Å². The van der Waals surface area contributed by atoms with Gasteiger partial charge in [-0.25, -0.2) is 4.98 Å². The Balaban J connectivity index is 1.72. The van der Waals surface area contributed by atoms with Gasteiger partial charge in [-0.1, -0.05) is 6.07 Å². The van der Waals surface area contributed by atoms with Gasteiger partial charge in [-0.15, -0.1) is 0 Å². The Bertz CT molecular complexity index is 557. The maximum absolute atomic E-state index is 9.28. The van der Waals surface area contributed by atoms with E-state index in [0.717, 1.165) is 37.3 Å². The number of aliphatic hydroxyl groups is 1. The minimum absolute atomic E-state index is 0.161. The Morgan fingerprint density at radius 3 is 3.00 bits per heavy atom. The third-order valence-electron chi connectivity index (χ3n) is 3.91. The Kier molecular flexibility index (Phi) is 2.84. The van der Waals surface area contributed by atoms with Crippen molar-refractivity contribution >= 4 is 5.65 Å². The van der Waals surface area contributed by atoms with Crippen LogP contribution in [0.3, 0.4) is 0 Å². The minimum atomic E-state index is 0.161. The van der Waals surface area contributed by atoms with E-state index in [4.69, 9.17) is 0 Å². The van der Waals surface area contributed by atoms with E-state index in [1.807, 2.05) is 31.3 Å². The van der Waals surface area contributed by atoms with E-state index in [0.29, 0.717) is 6.61 Å². The van der Waals surface area contributed by atoms with Crippen molar-refractivity contribution in [2.75, 3.05) is 13.2 Å². The Morgan fingerprint density at radius 2 is 2.28 bits per heavy atom.